The van der Waals surface area contributed by atoms with Gasteiger partial charge in [-0.05, 0) is 20.8 Å². The number of hydrogen-bond donors (Lipinski definition) is 2. The highest BCUT2D eigenvalue weighted by Crippen LogP contribution is 2.19. The second-order valence-corrected chi connectivity index (χ2v) is 7.58. The van der Waals surface area contributed by atoms with E-state index in [9.17, 15) is 9.59 Å². The average molecular weight is 336 g/mol. The van der Waals surface area contributed by atoms with Crippen LogP contribution in [0.2, 0.25) is 0 Å². The highest BCUT2D eigenvalue weighted by molar-refractivity contribution is 8.76. The van der Waals surface area contributed by atoms with Gasteiger partial charge >= 0.3 is 12.2 Å². The zero-order chi connectivity index (χ0) is 16.1. The van der Waals surface area contributed by atoms with E-state index < -0.39 is 17.8 Å². The van der Waals surface area contributed by atoms with Crippen molar-refractivity contribution in [3.05, 3.63) is 12.7 Å². The Morgan fingerprint density at radius 3 is 2.43 bits per heavy atom. The number of amides is 2. The van der Waals surface area contributed by atoms with E-state index in [1.807, 2.05) is 20.8 Å². The zero-order valence-corrected chi connectivity index (χ0v) is 14.4. The summed E-state index contributed by atoms with van der Waals surface area (Å²) in [6.07, 6.45) is 0.742. The van der Waals surface area contributed by atoms with Gasteiger partial charge in [-0.2, -0.15) is 0 Å². The molecule has 0 heterocycles. The lowest BCUT2D eigenvalue weighted by molar-refractivity contribution is 0.0531. The minimum Gasteiger partial charge on any atom is -0.449 e. The summed E-state index contributed by atoms with van der Waals surface area (Å²) in [6.45, 7) is 10.2. The third-order valence-corrected chi connectivity index (χ3v) is 4.10. The first-order valence-electron chi connectivity index (χ1n) is 6.58. The van der Waals surface area contributed by atoms with Crippen LogP contribution in [0.5, 0.6) is 0 Å². The molecule has 0 aliphatic carbocycles. The van der Waals surface area contributed by atoms with Crippen molar-refractivity contribution in [2.75, 3.05) is 31.2 Å². The van der Waals surface area contributed by atoms with Gasteiger partial charge in [0.1, 0.15) is 12.2 Å². The van der Waals surface area contributed by atoms with Crippen LogP contribution in [0.1, 0.15) is 20.8 Å². The minimum atomic E-state index is -0.477. The Morgan fingerprint density at radius 1 is 1.14 bits per heavy atom. The predicted octanol–water partition coefficient (Wildman–Crippen LogP) is 2.80. The Hall–Kier alpha value is -1.02. The molecule has 0 aromatic heterocycles. The molecule has 8 heteroatoms. The molecule has 21 heavy (non-hydrogen) atoms. The molecule has 0 aromatic rings. The van der Waals surface area contributed by atoms with Gasteiger partial charge < -0.3 is 20.1 Å². The molecule has 0 rings (SSSR count). The molecule has 0 unspecified atom stereocenters. The van der Waals surface area contributed by atoms with Crippen molar-refractivity contribution in [3.8, 4) is 0 Å². The third kappa shape index (κ3) is 15.2. The molecule has 0 aliphatic heterocycles. The summed E-state index contributed by atoms with van der Waals surface area (Å²) in [5.41, 5.74) is -0.477. The van der Waals surface area contributed by atoms with Gasteiger partial charge in [-0.15, -0.1) is 6.58 Å². The largest absolute Gasteiger partial charge is 0.449 e. The van der Waals surface area contributed by atoms with Crippen LogP contribution in [0, 0.1) is 0 Å². The van der Waals surface area contributed by atoms with Crippen molar-refractivity contribution < 1.29 is 19.1 Å². The molecule has 0 spiro atoms. The van der Waals surface area contributed by atoms with Crippen LogP contribution in [-0.2, 0) is 9.47 Å². The van der Waals surface area contributed by atoms with Gasteiger partial charge in [-0.1, -0.05) is 27.7 Å². The summed E-state index contributed by atoms with van der Waals surface area (Å²) in [4.78, 5) is 22.4. The summed E-state index contributed by atoms with van der Waals surface area (Å²) in [7, 11) is 3.18. The quantitative estimate of drug-likeness (QED) is 0.383. The molecule has 0 radical (unpaired) electrons. The molecule has 0 bridgehead atoms. The van der Waals surface area contributed by atoms with E-state index in [1.54, 1.807) is 27.7 Å². The van der Waals surface area contributed by atoms with Gasteiger partial charge in [-0.3, -0.25) is 0 Å². The number of carbonyl (C=O) groups is 2. The number of ether oxygens (including phenoxy) is 2. The van der Waals surface area contributed by atoms with Crippen LogP contribution in [-0.4, -0.2) is 49.0 Å². The molecular weight excluding hydrogens is 312 g/mol. The van der Waals surface area contributed by atoms with E-state index in [1.165, 1.54) is 0 Å². The lowest BCUT2D eigenvalue weighted by Crippen LogP contribution is -2.33. The van der Waals surface area contributed by atoms with E-state index in [0.29, 0.717) is 25.4 Å². The number of carbonyl (C=O) groups excluding carboxylic acids is 2. The fourth-order valence-corrected chi connectivity index (χ4v) is 2.74. The molecule has 2 N–H and O–H groups in total. The number of nitrogens with one attached hydrogen (secondary N) is 2. The molecule has 2 amide bonds. The first kappa shape index (κ1) is 20.0. The van der Waals surface area contributed by atoms with E-state index in [2.05, 4.69) is 17.2 Å². The van der Waals surface area contributed by atoms with Gasteiger partial charge in [0.25, 0.3) is 0 Å². The van der Waals surface area contributed by atoms with Crippen LogP contribution < -0.4 is 10.6 Å². The Kier molecular flexibility index (Phi) is 11.1. The maximum Gasteiger partial charge on any atom is 0.407 e. The molecule has 0 atom stereocenters. The van der Waals surface area contributed by atoms with Crippen LogP contribution >= 0.6 is 21.6 Å². The summed E-state index contributed by atoms with van der Waals surface area (Å²) in [5, 5.41) is 5.19. The second kappa shape index (κ2) is 11.6. The molecule has 0 aromatic carbocycles. The average Bonchev–Trinajstić information content (AvgIpc) is 2.37. The minimum absolute atomic E-state index is 0.347. The van der Waals surface area contributed by atoms with Gasteiger partial charge in [0.05, 0.1) is 0 Å². The fraction of sp³-hybridized carbons (Fsp3) is 0.692. The van der Waals surface area contributed by atoms with Gasteiger partial charge in [0, 0.05) is 24.6 Å². The summed E-state index contributed by atoms with van der Waals surface area (Å²) in [5.74, 6) is 1.45. The van der Waals surface area contributed by atoms with Gasteiger partial charge in [-0.25, -0.2) is 9.59 Å². The summed E-state index contributed by atoms with van der Waals surface area (Å²) in [6, 6.07) is 0. The normalized spacial score (nSPS) is 10.6. The Bertz CT molecular complexity index is 333. The van der Waals surface area contributed by atoms with Crippen molar-refractivity contribution in [1.29, 1.82) is 0 Å². The number of hydrogen-bond acceptors (Lipinski definition) is 6. The van der Waals surface area contributed by atoms with Crippen molar-refractivity contribution in [1.82, 2.24) is 10.6 Å². The lowest BCUT2D eigenvalue weighted by atomic mass is 10.2. The van der Waals surface area contributed by atoms with Gasteiger partial charge in [0.15, 0.2) is 0 Å². The lowest BCUT2D eigenvalue weighted by Gasteiger charge is -2.19. The zero-order valence-electron chi connectivity index (χ0n) is 12.8. The third-order valence-electron chi connectivity index (χ3n) is 1.73. The molecular formula is C13H24N2O4S2. The van der Waals surface area contributed by atoms with Crippen molar-refractivity contribution in [2.24, 2.45) is 0 Å². The summed E-state index contributed by atoms with van der Waals surface area (Å²) >= 11 is 0. The summed E-state index contributed by atoms with van der Waals surface area (Å²) < 4.78 is 10.0. The monoisotopic (exact) mass is 336 g/mol. The highest BCUT2D eigenvalue weighted by atomic mass is 33.1. The predicted molar refractivity (Wildman–Crippen MR) is 88.7 cm³/mol. The number of rotatable bonds is 9. The van der Waals surface area contributed by atoms with E-state index in [0.717, 1.165) is 5.75 Å². The fourth-order valence-electron chi connectivity index (χ4n) is 1.00. The van der Waals surface area contributed by atoms with Crippen LogP contribution in [0.25, 0.3) is 0 Å². The number of alkyl carbamates (subject to hydrolysis) is 2. The van der Waals surface area contributed by atoms with Crippen LogP contribution in [0.15, 0.2) is 12.7 Å². The standard InChI is InChI=1S/C13H24N2O4S2/c1-5-6-14-11(16)18-8-10-21-20-9-7-15-12(17)19-13(2,3)4/h5H,1,6-10H2,2-4H3,(H,14,16)(H,15,17). The molecule has 0 aliphatic rings. The molecule has 122 valence electrons. The van der Waals surface area contributed by atoms with Crippen LogP contribution in [0.3, 0.4) is 0 Å². The maximum atomic E-state index is 11.3. The van der Waals surface area contributed by atoms with Crippen LogP contribution in [0.4, 0.5) is 9.59 Å². The van der Waals surface area contributed by atoms with Crippen molar-refractivity contribution in [2.45, 2.75) is 26.4 Å². The molecule has 0 saturated carbocycles. The SMILES string of the molecule is C=CCNC(=O)OCCSSCCNC(=O)OC(C)(C)C. The van der Waals surface area contributed by atoms with E-state index >= 15 is 0 Å². The maximum absolute atomic E-state index is 11.3. The first-order chi connectivity index (χ1) is 9.85. The smallest absolute Gasteiger partial charge is 0.407 e. The first-order valence-corrected chi connectivity index (χ1v) is 9.06. The van der Waals surface area contributed by atoms with Crippen molar-refractivity contribution >= 4 is 33.8 Å². The van der Waals surface area contributed by atoms with Gasteiger partial charge in [0.2, 0.25) is 0 Å². The molecule has 0 fully saturated rings. The highest BCUT2D eigenvalue weighted by Gasteiger charge is 2.15. The Balaban J connectivity index is 3.35. The topological polar surface area (TPSA) is 76.7 Å². The van der Waals surface area contributed by atoms with E-state index in [4.69, 9.17) is 9.47 Å². The molecule has 0 saturated heterocycles. The molecule has 6 nitrogen and oxygen atoms in total. The van der Waals surface area contributed by atoms with Crippen molar-refractivity contribution in [3.63, 3.8) is 0 Å². The second-order valence-electron chi connectivity index (χ2n) is 4.88. The van der Waals surface area contributed by atoms with E-state index in [-0.39, 0.29) is 0 Å². The Labute approximate surface area is 134 Å². The Morgan fingerprint density at radius 2 is 1.81 bits per heavy atom.